The lowest BCUT2D eigenvalue weighted by molar-refractivity contribution is -0.152. The van der Waals surface area contributed by atoms with E-state index in [2.05, 4.69) is 20.8 Å². The molecule has 29 heavy (non-hydrogen) atoms. The number of carbonyl (C=O) groups is 3. The third-order valence-electron chi connectivity index (χ3n) is 8.63. The number of rotatable bonds is 4. The van der Waals surface area contributed by atoms with Crippen LogP contribution >= 0.6 is 0 Å². The Labute approximate surface area is 174 Å². The van der Waals surface area contributed by atoms with Gasteiger partial charge in [-0.2, -0.15) is 0 Å². The fourth-order valence-electron chi connectivity index (χ4n) is 7.36. The standard InChI is InChI=1S/C25H34O4/c1-5-6-23(29-15(3)26)20-13-22(28)19-9-10-21-18(24(19)20)8-7-16-12-17(27)11-14(2)25(16,21)4/h11-12,18-21,23-24H,5-10,13H2,1-4H3/t18?,19?,20-,21?,23?,24?,25?/m1/s1. The summed E-state index contributed by atoms with van der Waals surface area (Å²) in [5.74, 6) is 1.75. The minimum atomic E-state index is -0.239. The molecule has 158 valence electrons. The predicted octanol–water partition coefficient (Wildman–Crippen LogP) is 4.82. The molecule has 4 heteroatoms. The highest BCUT2D eigenvalue weighted by atomic mass is 16.5. The van der Waals surface area contributed by atoms with Gasteiger partial charge in [-0.3, -0.25) is 14.4 Å². The largest absolute Gasteiger partial charge is 0.462 e. The van der Waals surface area contributed by atoms with Gasteiger partial charge in [0.2, 0.25) is 0 Å². The molecule has 3 saturated carbocycles. The third-order valence-corrected chi connectivity index (χ3v) is 8.63. The van der Waals surface area contributed by atoms with Gasteiger partial charge in [-0.05, 0) is 68.9 Å². The molecule has 0 saturated heterocycles. The first-order valence-corrected chi connectivity index (χ1v) is 11.4. The number of ketones is 2. The van der Waals surface area contributed by atoms with Crippen LogP contribution in [-0.2, 0) is 19.1 Å². The monoisotopic (exact) mass is 398 g/mol. The van der Waals surface area contributed by atoms with Crippen LogP contribution in [0.25, 0.3) is 0 Å². The Kier molecular flexibility index (Phi) is 5.33. The molecule has 4 aliphatic carbocycles. The highest BCUT2D eigenvalue weighted by Crippen LogP contribution is 2.63. The van der Waals surface area contributed by atoms with E-state index in [0.29, 0.717) is 30.0 Å². The summed E-state index contributed by atoms with van der Waals surface area (Å²) in [5.41, 5.74) is 2.40. The Morgan fingerprint density at radius 2 is 2.00 bits per heavy atom. The van der Waals surface area contributed by atoms with E-state index in [4.69, 9.17) is 4.74 Å². The number of hydrogen-bond donors (Lipinski definition) is 0. The van der Waals surface area contributed by atoms with Gasteiger partial charge in [0, 0.05) is 30.6 Å². The average Bonchev–Trinajstić information content (AvgIpc) is 2.99. The van der Waals surface area contributed by atoms with E-state index in [0.717, 1.165) is 38.5 Å². The van der Waals surface area contributed by atoms with Crippen LogP contribution in [0.4, 0.5) is 0 Å². The second-order valence-electron chi connectivity index (χ2n) is 9.94. The molecule has 7 atom stereocenters. The molecule has 0 spiro atoms. The molecule has 0 amide bonds. The molecular weight excluding hydrogens is 364 g/mol. The zero-order chi connectivity index (χ0) is 20.9. The normalized spacial score (nSPS) is 39.7. The Morgan fingerprint density at radius 1 is 1.24 bits per heavy atom. The van der Waals surface area contributed by atoms with E-state index in [9.17, 15) is 14.4 Å². The van der Waals surface area contributed by atoms with Crippen molar-refractivity contribution in [2.75, 3.05) is 0 Å². The predicted molar refractivity (Wildman–Crippen MR) is 111 cm³/mol. The molecular formula is C25H34O4. The van der Waals surface area contributed by atoms with E-state index in [1.165, 1.54) is 18.1 Å². The van der Waals surface area contributed by atoms with Gasteiger partial charge in [-0.1, -0.05) is 31.4 Å². The van der Waals surface area contributed by atoms with Crippen LogP contribution in [0.3, 0.4) is 0 Å². The summed E-state index contributed by atoms with van der Waals surface area (Å²) in [5, 5.41) is 0. The van der Waals surface area contributed by atoms with Crippen LogP contribution in [0.5, 0.6) is 0 Å². The van der Waals surface area contributed by atoms with Gasteiger partial charge in [0.05, 0.1) is 0 Å². The van der Waals surface area contributed by atoms with E-state index >= 15 is 0 Å². The van der Waals surface area contributed by atoms with Crippen LogP contribution in [0.15, 0.2) is 23.3 Å². The molecule has 0 aliphatic heterocycles. The lowest BCUT2D eigenvalue weighted by Gasteiger charge is -2.56. The van der Waals surface area contributed by atoms with E-state index < -0.39 is 0 Å². The lowest BCUT2D eigenvalue weighted by Crippen LogP contribution is -2.50. The average molecular weight is 399 g/mol. The van der Waals surface area contributed by atoms with E-state index in [1.54, 1.807) is 0 Å². The summed E-state index contributed by atoms with van der Waals surface area (Å²) >= 11 is 0. The maximum absolute atomic E-state index is 12.9. The van der Waals surface area contributed by atoms with Crippen LogP contribution in [-0.4, -0.2) is 23.6 Å². The topological polar surface area (TPSA) is 60.4 Å². The van der Waals surface area contributed by atoms with E-state index in [-0.39, 0.29) is 35.1 Å². The van der Waals surface area contributed by atoms with Gasteiger partial charge < -0.3 is 4.74 Å². The highest BCUT2D eigenvalue weighted by molar-refractivity contribution is 6.02. The fourth-order valence-corrected chi connectivity index (χ4v) is 7.36. The molecule has 0 bridgehead atoms. The summed E-state index contributed by atoms with van der Waals surface area (Å²) < 4.78 is 5.76. The first-order chi connectivity index (χ1) is 13.8. The molecule has 3 fully saturated rings. The molecule has 0 aromatic rings. The number of carbonyl (C=O) groups excluding carboxylic acids is 3. The Hall–Kier alpha value is -1.71. The molecule has 0 aromatic carbocycles. The summed E-state index contributed by atoms with van der Waals surface area (Å²) in [7, 11) is 0. The zero-order valence-electron chi connectivity index (χ0n) is 18.2. The molecule has 6 unspecified atom stereocenters. The van der Waals surface area contributed by atoms with Gasteiger partial charge in [0.25, 0.3) is 0 Å². The van der Waals surface area contributed by atoms with Gasteiger partial charge in [-0.25, -0.2) is 0 Å². The van der Waals surface area contributed by atoms with Crippen molar-refractivity contribution < 1.29 is 19.1 Å². The van der Waals surface area contributed by atoms with Crippen LogP contribution < -0.4 is 0 Å². The SMILES string of the molecule is CCCC(OC(C)=O)[C@H]1CC(=O)C2CCC3C(CCC4=CC(=O)C=C(C)C43C)C21. The zero-order valence-corrected chi connectivity index (χ0v) is 18.2. The molecule has 0 radical (unpaired) electrons. The number of Topliss-reactive ketones (excluding diaryl/α,β-unsaturated/α-hetero) is 1. The van der Waals surface area contributed by atoms with Gasteiger partial charge in [-0.15, -0.1) is 0 Å². The summed E-state index contributed by atoms with van der Waals surface area (Å²) in [4.78, 5) is 36.8. The maximum atomic E-state index is 12.9. The van der Waals surface area contributed by atoms with Crippen LogP contribution in [0.2, 0.25) is 0 Å². The second kappa shape index (κ2) is 7.52. The van der Waals surface area contributed by atoms with Crippen LogP contribution in [0, 0.1) is 35.0 Å². The molecule has 4 aliphatic rings. The first-order valence-electron chi connectivity index (χ1n) is 11.4. The molecule has 4 nitrogen and oxygen atoms in total. The number of esters is 1. The van der Waals surface area contributed by atoms with Crippen molar-refractivity contribution in [2.24, 2.45) is 35.0 Å². The second-order valence-corrected chi connectivity index (χ2v) is 9.94. The highest BCUT2D eigenvalue weighted by Gasteiger charge is 2.58. The Balaban J connectivity index is 1.69. The third kappa shape index (κ3) is 3.23. The van der Waals surface area contributed by atoms with Crippen LogP contribution in [0.1, 0.15) is 72.6 Å². The number of ether oxygens (including phenoxy) is 1. The van der Waals surface area contributed by atoms with Crippen molar-refractivity contribution in [1.29, 1.82) is 0 Å². The Bertz CT molecular complexity index is 791. The molecule has 4 rings (SSSR count). The summed E-state index contributed by atoms with van der Waals surface area (Å²) in [6, 6.07) is 0. The smallest absolute Gasteiger partial charge is 0.302 e. The van der Waals surface area contributed by atoms with E-state index in [1.807, 2.05) is 12.2 Å². The van der Waals surface area contributed by atoms with Crippen molar-refractivity contribution in [3.05, 3.63) is 23.3 Å². The number of fused-ring (bicyclic) bond motifs is 5. The van der Waals surface area contributed by atoms with Crippen molar-refractivity contribution in [3.8, 4) is 0 Å². The summed E-state index contributed by atoms with van der Waals surface area (Å²) in [6.45, 7) is 8.01. The van der Waals surface area contributed by atoms with Gasteiger partial charge in [0.1, 0.15) is 11.9 Å². The molecule has 0 heterocycles. The van der Waals surface area contributed by atoms with Crippen molar-refractivity contribution in [2.45, 2.75) is 78.7 Å². The van der Waals surface area contributed by atoms with Crippen molar-refractivity contribution in [1.82, 2.24) is 0 Å². The minimum absolute atomic E-state index is 0.0698. The van der Waals surface area contributed by atoms with Crippen molar-refractivity contribution in [3.63, 3.8) is 0 Å². The maximum Gasteiger partial charge on any atom is 0.302 e. The first kappa shape index (κ1) is 20.6. The molecule has 0 aromatic heterocycles. The lowest BCUT2D eigenvalue weighted by atomic mass is 9.48. The minimum Gasteiger partial charge on any atom is -0.462 e. The van der Waals surface area contributed by atoms with Crippen molar-refractivity contribution >= 4 is 17.5 Å². The Morgan fingerprint density at radius 3 is 2.69 bits per heavy atom. The number of allylic oxidation sites excluding steroid dienone is 4. The quantitative estimate of drug-likeness (QED) is 0.637. The van der Waals surface area contributed by atoms with Gasteiger partial charge >= 0.3 is 5.97 Å². The molecule has 0 N–H and O–H groups in total. The fraction of sp³-hybridized carbons (Fsp3) is 0.720. The summed E-state index contributed by atoms with van der Waals surface area (Å²) in [6.07, 6.45) is 9.82. The number of hydrogen-bond acceptors (Lipinski definition) is 4. The van der Waals surface area contributed by atoms with Gasteiger partial charge in [0.15, 0.2) is 5.78 Å².